The average Bonchev–Trinajstić information content (AvgIpc) is 3.65. The summed E-state index contributed by atoms with van der Waals surface area (Å²) in [6.07, 6.45) is 17.5. The molecule has 0 spiro atoms. The first kappa shape index (κ1) is 45.0. The Morgan fingerprint density at radius 3 is 2.21 bits per heavy atom. The number of fused-ring (bicyclic) bond motifs is 1. The number of anilines is 1. The number of rotatable bonds is 24. The lowest BCUT2D eigenvalue weighted by Gasteiger charge is -2.33. The highest BCUT2D eigenvalue weighted by Gasteiger charge is 2.41. The largest absolute Gasteiger partial charge is 0.465 e. The fourth-order valence-electron chi connectivity index (χ4n) is 6.53. The maximum Gasteiger partial charge on any atom is 0.341 e. The molecule has 0 aliphatic carbocycles. The third-order valence-corrected chi connectivity index (χ3v) is 12.9. The Labute approximate surface area is 339 Å². The molecule has 1 aliphatic rings. The highest BCUT2D eigenvalue weighted by molar-refractivity contribution is 7.99. The van der Waals surface area contributed by atoms with Gasteiger partial charge in [-0.25, -0.2) is 18.2 Å². The zero-order valence-electron chi connectivity index (χ0n) is 34.3. The lowest BCUT2D eigenvalue weighted by molar-refractivity contribution is -0.117. The average molecular weight is 810 g/mol. The number of aliphatic imine (C=N–C) groups is 1. The normalized spacial score (nSPS) is 14.2. The molecule has 11 nitrogen and oxygen atoms in total. The molecule has 308 valence electrons. The Kier molecular flexibility index (Phi) is 17.9. The van der Waals surface area contributed by atoms with Gasteiger partial charge < -0.3 is 14.8 Å². The van der Waals surface area contributed by atoms with E-state index >= 15 is 0 Å². The van der Waals surface area contributed by atoms with Gasteiger partial charge in [0.25, 0.3) is 15.9 Å². The number of sulfonamides is 1. The molecule has 2 aromatic carbocycles. The number of thioether (sulfide) groups is 1. The number of nitrogens with zero attached hydrogens (tertiary/aromatic N) is 4. The van der Waals surface area contributed by atoms with Gasteiger partial charge in [-0.2, -0.15) is 5.10 Å². The minimum atomic E-state index is -4.14. The molecule has 2 heterocycles. The first-order valence-corrected chi connectivity index (χ1v) is 22.8. The predicted molar refractivity (Wildman–Crippen MR) is 227 cm³/mol. The van der Waals surface area contributed by atoms with Crippen molar-refractivity contribution < 1.29 is 27.5 Å². The Morgan fingerprint density at radius 2 is 1.54 bits per heavy atom. The van der Waals surface area contributed by atoms with E-state index in [0.29, 0.717) is 25.3 Å². The summed E-state index contributed by atoms with van der Waals surface area (Å²) in [6, 6.07) is 11.3. The first-order chi connectivity index (χ1) is 26.9. The molecule has 1 aromatic heterocycles. The van der Waals surface area contributed by atoms with Crippen LogP contribution in [0, 0.1) is 0 Å². The summed E-state index contributed by atoms with van der Waals surface area (Å²) in [5, 5.41) is 7.56. The van der Waals surface area contributed by atoms with Crippen molar-refractivity contribution in [2.45, 2.75) is 139 Å². The van der Waals surface area contributed by atoms with Crippen molar-refractivity contribution in [3.8, 4) is 0 Å². The van der Waals surface area contributed by atoms with Crippen molar-refractivity contribution >= 4 is 50.9 Å². The maximum atomic E-state index is 14.8. The second-order valence-electron chi connectivity index (χ2n) is 15.4. The van der Waals surface area contributed by atoms with Crippen molar-refractivity contribution in [1.29, 1.82) is 0 Å². The van der Waals surface area contributed by atoms with Gasteiger partial charge in [-0.05, 0) is 60.3 Å². The molecule has 3 aromatic rings. The number of nitrogens with one attached hydrogen (secondary N) is 1. The lowest BCUT2D eigenvalue weighted by atomic mass is 9.87. The number of para-hydroxylation sites is 1. The lowest BCUT2D eigenvalue weighted by Crippen LogP contribution is -2.47. The van der Waals surface area contributed by atoms with E-state index in [1.54, 1.807) is 30.0 Å². The highest BCUT2D eigenvalue weighted by atomic mass is 32.2. The number of carbonyl (C=O) groups excluding carboxylic acids is 2. The SMILES string of the molecule is CCCCCCCCCCCCSc1ccc(C(C)(C)C)cc1NC(=O)C(C1=Nc2ccccc2S(=O)(=O)N1CCCOCCCC)n1cc(C(=O)OC)cn1. The molecule has 1 aliphatic heterocycles. The van der Waals surface area contributed by atoms with Crippen molar-refractivity contribution in [2.75, 3.05) is 37.9 Å². The van der Waals surface area contributed by atoms with Crippen LogP contribution in [0.3, 0.4) is 0 Å². The molecule has 0 saturated heterocycles. The molecule has 0 bridgehead atoms. The summed E-state index contributed by atoms with van der Waals surface area (Å²) in [6.45, 7) is 11.6. The minimum absolute atomic E-state index is 0.0238. The van der Waals surface area contributed by atoms with Crippen molar-refractivity contribution in [2.24, 2.45) is 4.99 Å². The van der Waals surface area contributed by atoms with Crippen LogP contribution in [0.1, 0.15) is 140 Å². The van der Waals surface area contributed by atoms with Crippen LogP contribution in [0.4, 0.5) is 11.4 Å². The minimum Gasteiger partial charge on any atom is -0.465 e. The first-order valence-electron chi connectivity index (χ1n) is 20.4. The quantitative estimate of drug-likeness (QED) is 0.0537. The molecule has 1 amide bonds. The number of hydrogen-bond acceptors (Lipinski definition) is 9. The molecule has 0 radical (unpaired) electrons. The van der Waals surface area contributed by atoms with Gasteiger partial charge >= 0.3 is 5.97 Å². The molecule has 0 fully saturated rings. The van der Waals surface area contributed by atoms with E-state index in [1.807, 2.05) is 6.07 Å². The van der Waals surface area contributed by atoms with Crippen molar-refractivity contribution in [3.63, 3.8) is 0 Å². The summed E-state index contributed by atoms with van der Waals surface area (Å²) in [5.41, 5.74) is 1.80. The summed E-state index contributed by atoms with van der Waals surface area (Å²) in [7, 11) is -2.87. The number of hydrogen-bond donors (Lipinski definition) is 1. The van der Waals surface area contributed by atoms with Gasteiger partial charge in [0.05, 0.1) is 30.2 Å². The van der Waals surface area contributed by atoms with Gasteiger partial charge in [-0.1, -0.05) is 117 Å². The summed E-state index contributed by atoms with van der Waals surface area (Å²) < 4.78 is 41.8. The summed E-state index contributed by atoms with van der Waals surface area (Å²) in [4.78, 5) is 33.2. The van der Waals surface area contributed by atoms with Crippen LogP contribution >= 0.6 is 11.8 Å². The van der Waals surface area contributed by atoms with E-state index in [2.05, 4.69) is 57.2 Å². The highest BCUT2D eigenvalue weighted by Crippen LogP contribution is 2.37. The molecule has 4 rings (SSSR count). The molecule has 0 saturated carbocycles. The molecular formula is C43H63N5O6S2. The molecule has 1 N–H and O–H groups in total. The number of ether oxygens (including phenoxy) is 2. The number of aromatic nitrogens is 2. The van der Waals surface area contributed by atoms with E-state index in [-0.39, 0.29) is 33.9 Å². The monoisotopic (exact) mass is 809 g/mol. The number of benzene rings is 2. The van der Waals surface area contributed by atoms with Gasteiger partial charge in [0.1, 0.15) is 4.90 Å². The van der Waals surface area contributed by atoms with Crippen LogP contribution in [0.15, 0.2) is 69.6 Å². The van der Waals surface area contributed by atoms with E-state index in [0.717, 1.165) is 41.9 Å². The van der Waals surface area contributed by atoms with Crippen LogP contribution in [-0.2, 0) is 29.7 Å². The predicted octanol–water partition coefficient (Wildman–Crippen LogP) is 10.1. The Balaban J connectivity index is 1.64. The van der Waals surface area contributed by atoms with Crippen LogP contribution in [-0.4, -0.2) is 72.8 Å². The van der Waals surface area contributed by atoms with Gasteiger partial charge in [0.2, 0.25) is 0 Å². The number of unbranched alkanes of at least 4 members (excludes halogenated alkanes) is 10. The molecule has 1 unspecified atom stereocenters. The Hall–Kier alpha value is -3.68. The Morgan fingerprint density at radius 1 is 0.875 bits per heavy atom. The maximum absolute atomic E-state index is 14.8. The zero-order valence-corrected chi connectivity index (χ0v) is 36.0. The molecule has 56 heavy (non-hydrogen) atoms. The van der Waals surface area contributed by atoms with Crippen LogP contribution in [0.2, 0.25) is 0 Å². The van der Waals surface area contributed by atoms with Crippen LogP contribution in [0.5, 0.6) is 0 Å². The zero-order chi connectivity index (χ0) is 40.6. The number of amidine groups is 1. The fraction of sp³-hybridized carbons (Fsp3) is 0.581. The van der Waals surface area contributed by atoms with Crippen LogP contribution < -0.4 is 5.32 Å². The van der Waals surface area contributed by atoms with Gasteiger partial charge in [0.15, 0.2) is 11.9 Å². The number of methoxy groups -OCH3 is 1. The van der Waals surface area contributed by atoms with E-state index in [9.17, 15) is 18.0 Å². The summed E-state index contributed by atoms with van der Waals surface area (Å²) >= 11 is 1.70. The van der Waals surface area contributed by atoms with E-state index < -0.39 is 27.9 Å². The number of esters is 1. The number of carbonyl (C=O) groups is 2. The van der Waals surface area contributed by atoms with Crippen LogP contribution in [0.25, 0.3) is 0 Å². The standard InChI is InChI=1S/C43H63N5O6S2/c1-7-9-11-12-13-14-15-16-17-20-29-55-37-25-24-34(43(3,4)5)30-36(37)46-41(49)39(47-32-33(31-44-47)42(50)53-6)40-45-35-22-18-19-23-38(35)56(51,52)48(40)26-21-28-54-27-10-8-2/h18-19,22-25,30-32,39H,7-17,20-21,26-29H2,1-6H3,(H,46,49). The Bertz CT molecular complexity index is 1850. The second kappa shape index (κ2) is 22.3. The van der Waals surface area contributed by atoms with E-state index in [1.165, 1.54) is 85.9 Å². The second-order valence-corrected chi connectivity index (χ2v) is 18.4. The topological polar surface area (TPSA) is 132 Å². The summed E-state index contributed by atoms with van der Waals surface area (Å²) in [5.74, 6) is -0.312. The molecule has 13 heteroatoms. The fourth-order valence-corrected chi connectivity index (χ4v) is 9.15. The molecular weight excluding hydrogens is 747 g/mol. The van der Waals surface area contributed by atoms with Gasteiger partial charge in [-0.15, -0.1) is 11.8 Å². The van der Waals surface area contributed by atoms with Crippen molar-refractivity contribution in [1.82, 2.24) is 14.1 Å². The third-order valence-electron chi connectivity index (χ3n) is 9.85. The van der Waals surface area contributed by atoms with Gasteiger partial charge in [0, 0.05) is 30.9 Å². The van der Waals surface area contributed by atoms with E-state index in [4.69, 9.17) is 14.5 Å². The third kappa shape index (κ3) is 12.7. The molecule has 1 atom stereocenters. The smallest absolute Gasteiger partial charge is 0.341 e. The number of amides is 1. The van der Waals surface area contributed by atoms with Gasteiger partial charge in [-0.3, -0.25) is 13.8 Å². The van der Waals surface area contributed by atoms with Crippen molar-refractivity contribution in [3.05, 3.63) is 66.0 Å².